The van der Waals surface area contributed by atoms with E-state index in [9.17, 15) is 0 Å². The molecule has 3 nitrogen and oxygen atoms in total. The van der Waals surface area contributed by atoms with Crippen LogP contribution in [0.3, 0.4) is 0 Å². The Labute approximate surface area is 98.2 Å². The average molecular weight is 221 g/mol. The monoisotopic (exact) mass is 221 g/mol. The molecule has 1 N–H and O–H groups in total. The fraction of sp³-hybridized carbons (Fsp3) is 0.769. The summed E-state index contributed by atoms with van der Waals surface area (Å²) in [5, 5.41) is 7.83. The van der Waals surface area contributed by atoms with Crippen LogP contribution < -0.4 is 5.32 Å². The molecule has 0 amide bonds. The quantitative estimate of drug-likeness (QED) is 0.846. The molecule has 0 bridgehead atoms. The Morgan fingerprint density at radius 2 is 2.31 bits per heavy atom. The Hall–Kier alpha value is -0.830. The Kier molecular flexibility index (Phi) is 3.64. The van der Waals surface area contributed by atoms with E-state index < -0.39 is 0 Å². The lowest BCUT2D eigenvalue weighted by molar-refractivity contribution is 0.291. The molecule has 1 aliphatic carbocycles. The third-order valence-electron chi connectivity index (χ3n) is 3.79. The highest BCUT2D eigenvalue weighted by atomic mass is 15.3. The minimum atomic E-state index is 0.730. The second-order valence-electron chi connectivity index (χ2n) is 5.12. The molecule has 0 aliphatic heterocycles. The number of nitrogens with zero attached hydrogens (tertiary/aromatic N) is 2. The van der Waals surface area contributed by atoms with Gasteiger partial charge in [0.15, 0.2) is 0 Å². The molecule has 1 aromatic heterocycles. The van der Waals surface area contributed by atoms with Crippen molar-refractivity contribution in [3.63, 3.8) is 0 Å². The molecular formula is C13H23N3. The molecule has 2 unspecified atom stereocenters. The summed E-state index contributed by atoms with van der Waals surface area (Å²) in [6.07, 6.45) is 6.60. The zero-order valence-electron chi connectivity index (χ0n) is 10.7. The number of rotatable bonds is 3. The van der Waals surface area contributed by atoms with E-state index in [1.165, 1.54) is 37.8 Å². The predicted octanol–water partition coefficient (Wildman–Crippen LogP) is 2.05. The van der Waals surface area contributed by atoms with Crippen LogP contribution in [0.2, 0.25) is 0 Å². The van der Waals surface area contributed by atoms with Gasteiger partial charge in [-0.2, -0.15) is 5.10 Å². The topological polar surface area (TPSA) is 29.9 Å². The molecule has 2 rings (SSSR count). The number of hydrogen-bond acceptors (Lipinski definition) is 2. The van der Waals surface area contributed by atoms with Crippen molar-refractivity contribution in [2.24, 2.45) is 13.0 Å². The Bertz CT molecular complexity index is 343. The van der Waals surface area contributed by atoms with Crippen molar-refractivity contribution >= 4 is 0 Å². The third-order valence-corrected chi connectivity index (χ3v) is 3.79. The van der Waals surface area contributed by atoms with Gasteiger partial charge in [0, 0.05) is 18.8 Å². The zero-order valence-corrected chi connectivity index (χ0v) is 10.7. The third kappa shape index (κ3) is 2.64. The molecule has 0 saturated heterocycles. The highest BCUT2D eigenvalue weighted by Crippen LogP contribution is 2.27. The normalized spacial score (nSPS) is 25.9. The summed E-state index contributed by atoms with van der Waals surface area (Å²) in [6, 6.07) is 2.95. The summed E-state index contributed by atoms with van der Waals surface area (Å²) >= 11 is 0. The molecule has 1 saturated carbocycles. The van der Waals surface area contributed by atoms with Gasteiger partial charge in [0.05, 0.1) is 5.69 Å². The fourth-order valence-electron chi connectivity index (χ4n) is 2.89. The van der Waals surface area contributed by atoms with Gasteiger partial charge < -0.3 is 5.32 Å². The second kappa shape index (κ2) is 5.00. The lowest BCUT2D eigenvalue weighted by Gasteiger charge is -2.28. The maximum Gasteiger partial charge on any atom is 0.0596 e. The first kappa shape index (κ1) is 11.6. The van der Waals surface area contributed by atoms with Crippen LogP contribution in [0, 0.1) is 12.8 Å². The van der Waals surface area contributed by atoms with Gasteiger partial charge in [-0.05, 0) is 51.6 Å². The van der Waals surface area contributed by atoms with Gasteiger partial charge in [-0.1, -0.05) is 6.42 Å². The number of aromatic nitrogens is 2. The molecule has 1 aliphatic rings. The van der Waals surface area contributed by atoms with E-state index >= 15 is 0 Å². The average Bonchev–Trinajstić information content (AvgIpc) is 2.58. The van der Waals surface area contributed by atoms with E-state index in [1.54, 1.807) is 0 Å². The maximum atomic E-state index is 4.42. The largest absolute Gasteiger partial charge is 0.317 e. The van der Waals surface area contributed by atoms with Crippen molar-refractivity contribution in [1.29, 1.82) is 0 Å². The van der Waals surface area contributed by atoms with Crippen molar-refractivity contribution in [2.75, 3.05) is 7.05 Å². The lowest BCUT2D eigenvalue weighted by Crippen LogP contribution is -2.32. The highest BCUT2D eigenvalue weighted by molar-refractivity contribution is 5.09. The Morgan fingerprint density at radius 3 is 2.94 bits per heavy atom. The van der Waals surface area contributed by atoms with Gasteiger partial charge in [0.25, 0.3) is 0 Å². The standard InChI is InChI=1S/C13H23N3/c1-10-7-13(16(3)15-10)9-11-5-4-6-12(8-11)14-2/h7,11-12,14H,4-6,8-9H2,1-3H3. The van der Waals surface area contributed by atoms with Crippen molar-refractivity contribution in [3.05, 3.63) is 17.5 Å². The summed E-state index contributed by atoms with van der Waals surface area (Å²) in [6.45, 7) is 2.07. The summed E-state index contributed by atoms with van der Waals surface area (Å²) in [5.41, 5.74) is 2.53. The first-order valence-electron chi connectivity index (χ1n) is 6.36. The van der Waals surface area contributed by atoms with E-state index in [4.69, 9.17) is 0 Å². The van der Waals surface area contributed by atoms with Crippen LogP contribution in [0.1, 0.15) is 37.1 Å². The first-order chi connectivity index (χ1) is 7.69. The van der Waals surface area contributed by atoms with Crippen LogP contribution in [0.5, 0.6) is 0 Å². The zero-order chi connectivity index (χ0) is 11.5. The van der Waals surface area contributed by atoms with Crippen LogP contribution in [-0.2, 0) is 13.5 Å². The van der Waals surface area contributed by atoms with Gasteiger partial charge in [0.1, 0.15) is 0 Å². The summed E-state index contributed by atoms with van der Waals surface area (Å²) in [4.78, 5) is 0. The lowest BCUT2D eigenvalue weighted by atomic mass is 9.83. The summed E-state index contributed by atoms with van der Waals surface area (Å²) in [5.74, 6) is 0.834. The number of hydrogen-bond donors (Lipinski definition) is 1. The van der Waals surface area contributed by atoms with Crippen LogP contribution in [-0.4, -0.2) is 22.9 Å². The van der Waals surface area contributed by atoms with E-state index in [0.717, 1.165) is 17.7 Å². The summed E-state index contributed by atoms with van der Waals surface area (Å²) < 4.78 is 2.04. The van der Waals surface area contributed by atoms with E-state index in [2.05, 4.69) is 37.5 Å². The number of nitrogens with one attached hydrogen (secondary N) is 1. The molecule has 1 fully saturated rings. The second-order valence-corrected chi connectivity index (χ2v) is 5.12. The Balaban J connectivity index is 1.96. The smallest absolute Gasteiger partial charge is 0.0596 e. The molecule has 1 heterocycles. The van der Waals surface area contributed by atoms with Gasteiger partial charge >= 0.3 is 0 Å². The molecule has 16 heavy (non-hydrogen) atoms. The van der Waals surface area contributed by atoms with Gasteiger partial charge in [-0.25, -0.2) is 0 Å². The minimum Gasteiger partial charge on any atom is -0.317 e. The van der Waals surface area contributed by atoms with E-state index in [1.807, 2.05) is 4.68 Å². The van der Waals surface area contributed by atoms with Crippen molar-refractivity contribution in [3.8, 4) is 0 Å². The molecule has 0 radical (unpaired) electrons. The van der Waals surface area contributed by atoms with Crippen molar-refractivity contribution in [2.45, 2.75) is 45.1 Å². The fourth-order valence-corrected chi connectivity index (χ4v) is 2.89. The molecule has 3 heteroatoms. The van der Waals surface area contributed by atoms with Crippen LogP contribution in [0.25, 0.3) is 0 Å². The van der Waals surface area contributed by atoms with Gasteiger partial charge in [0.2, 0.25) is 0 Å². The maximum absolute atomic E-state index is 4.42. The van der Waals surface area contributed by atoms with Crippen molar-refractivity contribution in [1.82, 2.24) is 15.1 Å². The van der Waals surface area contributed by atoms with Crippen LogP contribution >= 0.6 is 0 Å². The highest BCUT2D eigenvalue weighted by Gasteiger charge is 2.21. The molecule has 1 aromatic rings. The molecule has 0 aromatic carbocycles. The van der Waals surface area contributed by atoms with E-state index in [0.29, 0.717) is 0 Å². The molecule has 90 valence electrons. The SMILES string of the molecule is CNC1CCCC(Cc2cc(C)nn2C)C1. The van der Waals surface area contributed by atoms with Gasteiger partial charge in [-0.3, -0.25) is 4.68 Å². The predicted molar refractivity (Wildman–Crippen MR) is 66.5 cm³/mol. The minimum absolute atomic E-state index is 0.730. The number of aryl methyl sites for hydroxylation is 2. The molecule has 2 atom stereocenters. The van der Waals surface area contributed by atoms with Gasteiger partial charge in [-0.15, -0.1) is 0 Å². The van der Waals surface area contributed by atoms with Crippen molar-refractivity contribution < 1.29 is 0 Å². The van der Waals surface area contributed by atoms with Crippen LogP contribution in [0.15, 0.2) is 6.07 Å². The van der Waals surface area contributed by atoms with E-state index in [-0.39, 0.29) is 0 Å². The molecular weight excluding hydrogens is 198 g/mol. The first-order valence-corrected chi connectivity index (χ1v) is 6.36. The summed E-state index contributed by atoms with van der Waals surface area (Å²) in [7, 11) is 4.14. The molecule has 0 spiro atoms. The van der Waals surface area contributed by atoms with Crippen LogP contribution in [0.4, 0.5) is 0 Å². The Morgan fingerprint density at radius 1 is 1.50 bits per heavy atom.